The number of nitrogens with one attached hydrogen (secondary N) is 1. The highest BCUT2D eigenvalue weighted by molar-refractivity contribution is 5.76. The molecule has 0 unspecified atom stereocenters. The Bertz CT molecular complexity index is 1040. The van der Waals surface area contributed by atoms with Crippen LogP contribution >= 0.6 is 0 Å². The Morgan fingerprint density at radius 2 is 2.00 bits per heavy atom. The summed E-state index contributed by atoms with van der Waals surface area (Å²) in [7, 11) is 0. The van der Waals surface area contributed by atoms with Crippen LogP contribution in [0.4, 0.5) is 4.39 Å². The summed E-state index contributed by atoms with van der Waals surface area (Å²) in [4.78, 5) is 33.7. The predicted octanol–water partition coefficient (Wildman–Crippen LogP) is 1.77. The van der Waals surface area contributed by atoms with Crippen LogP contribution in [0.5, 0.6) is 0 Å². The average Bonchev–Trinajstić information content (AvgIpc) is 2.85. The largest absolute Gasteiger partial charge is 0.350 e. The molecule has 2 aromatic heterocycles. The second kappa shape index (κ2) is 7.30. The van der Waals surface area contributed by atoms with Crippen molar-refractivity contribution in [3.05, 3.63) is 58.2 Å². The number of benzene rings is 1. The van der Waals surface area contributed by atoms with Gasteiger partial charge < -0.3 is 9.88 Å². The Labute approximate surface area is 154 Å². The number of hydrogen-bond acceptors (Lipinski definition) is 4. The lowest BCUT2D eigenvalue weighted by atomic mass is 10.2. The lowest BCUT2D eigenvalue weighted by Gasteiger charge is -2.08. The molecule has 1 N–H and O–H groups in total. The van der Waals surface area contributed by atoms with E-state index >= 15 is 0 Å². The van der Waals surface area contributed by atoms with Gasteiger partial charge in [-0.3, -0.25) is 14.2 Å². The van der Waals surface area contributed by atoms with Crippen molar-refractivity contribution in [2.75, 3.05) is 0 Å². The van der Waals surface area contributed by atoms with Gasteiger partial charge in [0.05, 0.1) is 0 Å². The first kappa shape index (κ1) is 17.4. The molecule has 3 heterocycles. The highest BCUT2D eigenvalue weighted by Gasteiger charge is 2.18. The normalized spacial score (nSPS) is 14.0. The summed E-state index contributed by atoms with van der Waals surface area (Å²) < 4.78 is 16.2. The first-order chi connectivity index (χ1) is 13.1. The lowest BCUT2D eigenvalue weighted by molar-refractivity contribution is -0.121. The maximum Gasteiger partial charge on any atom is 0.282 e. The van der Waals surface area contributed by atoms with Gasteiger partial charge in [0.15, 0.2) is 11.2 Å². The summed E-state index contributed by atoms with van der Waals surface area (Å²) in [5, 5.41) is 2.72. The van der Waals surface area contributed by atoms with Crippen LogP contribution in [0.15, 0.2) is 35.4 Å². The van der Waals surface area contributed by atoms with E-state index in [9.17, 15) is 14.0 Å². The first-order valence-electron chi connectivity index (χ1n) is 9.07. The average molecular weight is 369 g/mol. The number of aromatic nitrogens is 4. The number of hydrogen-bond donors (Lipinski definition) is 1. The Balaban J connectivity index is 1.50. The van der Waals surface area contributed by atoms with Crippen LogP contribution in [-0.4, -0.2) is 25.0 Å². The van der Waals surface area contributed by atoms with Crippen LogP contribution in [0, 0.1) is 5.82 Å². The molecule has 1 aliphatic heterocycles. The molecule has 0 saturated heterocycles. The molecule has 0 bridgehead atoms. The number of fused-ring (bicyclic) bond motifs is 3. The Morgan fingerprint density at radius 3 is 2.81 bits per heavy atom. The number of carbonyl (C=O) groups is 1. The van der Waals surface area contributed by atoms with Gasteiger partial charge in [0.1, 0.15) is 24.5 Å². The molecular formula is C19H20FN5O2. The van der Waals surface area contributed by atoms with Gasteiger partial charge in [-0.25, -0.2) is 14.4 Å². The Morgan fingerprint density at radius 1 is 1.19 bits per heavy atom. The van der Waals surface area contributed by atoms with Crippen LogP contribution in [-0.2, 0) is 30.8 Å². The Kier molecular flexibility index (Phi) is 4.70. The zero-order chi connectivity index (χ0) is 18.8. The molecule has 1 amide bonds. The number of halogens is 1. The number of carbonyl (C=O) groups excluding carboxylic acids is 1. The third-order valence-electron chi connectivity index (χ3n) is 4.80. The molecule has 1 aliphatic rings. The minimum absolute atomic E-state index is 0.134. The molecule has 140 valence electrons. The van der Waals surface area contributed by atoms with Crippen molar-refractivity contribution < 1.29 is 9.18 Å². The van der Waals surface area contributed by atoms with Crippen LogP contribution in [0.1, 0.15) is 30.7 Å². The maximum absolute atomic E-state index is 12.9. The molecule has 3 aromatic rings. The number of rotatable bonds is 4. The summed E-state index contributed by atoms with van der Waals surface area (Å²) in [6, 6.07) is 5.89. The minimum atomic E-state index is -0.325. The highest BCUT2D eigenvalue weighted by atomic mass is 19.1. The van der Waals surface area contributed by atoms with Gasteiger partial charge in [-0.15, -0.1) is 0 Å². The van der Waals surface area contributed by atoms with Crippen LogP contribution in [0.25, 0.3) is 11.2 Å². The third-order valence-corrected chi connectivity index (χ3v) is 4.80. The van der Waals surface area contributed by atoms with E-state index in [2.05, 4.69) is 15.3 Å². The molecule has 1 aromatic carbocycles. The van der Waals surface area contributed by atoms with Gasteiger partial charge in [-0.2, -0.15) is 0 Å². The van der Waals surface area contributed by atoms with Crippen molar-refractivity contribution in [1.82, 2.24) is 24.4 Å². The molecule has 7 nitrogen and oxygen atoms in total. The monoisotopic (exact) mass is 369 g/mol. The zero-order valence-corrected chi connectivity index (χ0v) is 14.8. The number of imidazole rings is 1. The quantitative estimate of drug-likeness (QED) is 0.760. The van der Waals surface area contributed by atoms with E-state index in [1.165, 1.54) is 23.0 Å². The molecule has 4 rings (SSSR count). The lowest BCUT2D eigenvalue weighted by Crippen LogP contribution is -2.32. The summed E-state index contributed by atoms with van der Waals surface area (Å²) in [6.07, 6.45) is 5.50. The van der Waals surface area contributed by atoms with Crippen molar-refractivity contribution in [3.63, 3.8) is 0 Å². The molecular weight excluding hydrogens is 349 g/mol. The Hall–Kier alpha value is -3.03. The van der Waals surface area contributed by atoms with Crippen LogP contribution < -0.4 is 10.9 Å². The van der Waals surface area contributed by atoms with Crippen LogP contribution in [0.3, 0.4) is 0 Å². The van der Waals surface area contributed by atoms with E-state index in [1.54, 1.807) is 12.1 Å². The molecule has 0 fully saturated rings. The van der Waals surface area contributed by atoms with Crippen molar-refractivity contribution in [2.45, 2.75) is 45.3 Å². The molecule has 0 radical (unpaired) electrons. The summed E-state index contributed by atoms with van der Waals surface area (Å²) in [5.74, 6) is 0.253. The fraction of sp³-hybridized carbons (Fsp3) is 0.368. The zero-order valence-electron chi connectivity index (χ0n) is 14.8. The number of nitrogens with zero attached hydrogens (tertiary/aromatic N) is 4. The molecule has 0 atom stereocenters. The van der Waals surface area contributed by atoms with Crippen LogP contribution in [0.2, 0.25) is 0 Å². The smallest absolute Gasteiger partial charge is 0.282 e. The predicted molar refractivity (Wildman–Crippen MR) is 97.6 cm³/mol. The fourth-order valence-electron chi connectivity index (χ4n) is 3.36. The van der Waals surface area contributed by atoms with Gasteiger partial charge in [0.25, 0.3) is 5.56 Å². The van der Waals surface area contributed by atoms with Gasteiger partial charge in [-0.05, 0) is 30.5 Å². The minimum Gasteiger partial charge on any atom is -0.350 e. The van der Waals surface area contributed by atoms with Crippen molar-refractivity contribution in [3.8, 4) is 0 Å². The van der Waals surface area contributed by atoms with E-state index < -0.39 is 0 Å². The first-order valence-corrected chi connectivity index (χ1v) is 9.07. The number of aryl methyl sites for hydroxylation is 2. The molecule has 8 heteroatoms. The standard InChI is InChI=1S/C19H20FN5O2/c20-14-7-5-13(6-8-14)10-21-16(26)11-24-12-22-18-17(19(24)27)23-15-4-2-1-3-9-25(15)18/h5-8,12H,1-4,9-11H2,(H,21,26). The molecule has 0 spiro atoms. The topological polar surface area (TPSA) is 81.8 Å². The SMILES string of the molecule is O=C(Cn1cnc2c(nc3n2CCCCC3)c1=O)NCc1ccc(F)cc1. The number of amides is 1. The maximum atomic E-state index is 12.9. The van der Waals surface area contributed by atoms with E-state index in [1.807, 2.05) is 4.57 Å². The third kappa shape index (κ3) is 3.60. The van der Waals surface area contributed by atoms with Gasteiger partial charge in [-0.1, -0.05) is 18.6 Å². The fourth-order valence-corrected chi connectivity index (χ4v) is 3.36. The second-order valence-corrected chi connectivity index (χ2v) is 6.74. The second-order valence-electron chi connectivity index (χ2n) is 6.74. The van der Waals surface area contributed by atoms with E-state index in [4.69, 9.17) is 0 Å². The van der Waals surface area contributed by atoms with E-state index in [0.29, 0.717) is 11.2 Å². The highest BCUT2D eigenvalue weighted by Crippen LogP contribution is 2.18. The molecule has 0 aliphatic carbocycles. The molecule has 0 saturated carbocycles. The van der Waals surface area contributed by atoms with Gasteiger partial charge in [0.2, 0.25) is 5.91 Å². The van der Waals surface area contributed by atoms with Crippen molar-refractivity contribution in [1.29, 1.82) is 0 Å². The summed E-state index contributed by atoms with van der Waals surface area (Å²) in [5.41, 5.74) is 1.39. The molecule has 27 heavy (non-hydrogen) atoms. The summed E-state index contributed by atoms with van der Waals surface area (Å²) in [6.45, 7) is 0.952. The van der Waals surface area contributed by atoms with Crippen molar-refractivity contribution in [2.24, 2.45) is 0 Å². The van der Waals surface area contributed by atoms with Gasteiger partial charge in [0, 0.05) is 19.5 Å². The summed E-state index contributed by atoms with van der Waals surface area (Å²) >= 11 is 0. The van der Waals surface area contributed by atoms with Gasteiger partial charge >= 0.3 is 0 Å². The van der Waals surface area contributed by atoms with Crippen molar-refractivity contribution >= 4 is 17.1 Å². The van der Waals surface area contributed by atoms with E-state index in [0.717, 1.165) is 43.6 Å². The van der Waals surface area contributed by atoms with E-state index in [-0.39, 0.29) is 30.4 Å².